The third-order valence-corrected chi connectivity index (χ3v) is 4.34. The normalized spacial score (nSPS) is 55.2. The van der Waals surface area contributed by atoms with Crippen LogP contribution < -0.4 is 0 Å². The maximum Gasteiger partial charge on any atom is -0.0318 e. The first kappa shape index (κ1) is 9.00. The highest BCUT2D eigenvalue weighted by Crippen LogP contribution is 2.59. The lowest BCUT2D eigenvalue weighted by Gasteiger charge is -2.55. The molecule has 1 atom stereocenters. The van der Waals surface area contributed by atoms with E-state index < -0.39 is 0 Å². The molecule has 0 radical (unpaired) electrons. The van der Waals surface area contributed by atoms with Gasteiger partial charge in [0.2, 0.25) is 0 Å². The van der Waals surface area contributed by atoms with Gasteiger partial charge in [0.25, 0.3) is 0 Å². The van der Waals surface area contributed by atoms with Crippen molar-refractivity contribution in [2.24, 2.45) is 23.2 Å². The largest absolute Gasteiger partial charge is 0.153 e. The summed E-state index contributed by atoms with van der Waals surface area (Å²) in [6, 6.07) is 0. The number of hydrogen-bond acceptors (Lipinski definition) is 0. The molecule has 4 bridgehead atoms. The van der Waals surface area contributed by atoms with Crippen LogP contribution in [0, 0.1) is 23.2 Å². The van der Waals surface area contributed by atoms with Crippen LogP contribution in [-0.4, -0.2) is 0 Å². The Bertz CT molecular complexity index is 150. The summed E-state index contributed by atoms with van der Waals surface area (Å²) in [7, 11) is 0. The smallest absolute Gasteiger partial charge is 0.0318 e. The zero-order valence-corrected chi connectivity index (χ0v) is 9.60. The van der Waals surface area contributed by atoms with Gasteiger partial charge in [0.1, 0.15) is 0 Å². The maximum atomic E-state index is 2.54. The molecular weight excluding hydrogens is 163 g/mol. The summed E-state index contributed by atoms with van der Waals surface area (Å²) >= 11 is 0. The van der Waals surface area contributed by atoms with E-state index in [1.807, 2.05) is 0 Å². The van der Waals surface area contributed by atoms with Crippen LogP contribution >= 0.6 is 9.90 Å². The molecule has 0 spiro atoms. The van der Waals surface area contributed by atoms with Crippen molar-refractivity contribution in [1.29, 1.82) is 0 Å². The molecule has 4 aliphatic carbocycles. The van der Waals surface area contributed by atoms with E-state index in [4.69, 9.17) is 0 Å². The van der Waals surface area contributed by atoms with Crippen LogP contribution in [0.1, 0.15) is 45.4 Å². The Morgan fingerprint density at radius 3 is 1.42 bits per heavy atom. The van der Waals surface area contributed by atoms with Crippen molar-refractivity contribution in [3.8, 4) is 0 Å². The molecule has 0 amide bonds. The highest BCUT2D eigenvalue weighted by Gasteiger charge is 2.48. The molecule has 0 N–H and O–H groups in total. The minimum absolute atomic E-state index is 0. The monoisotopic (exact) mass is 184 g/mol. The Hall–Kier alpha value is 0.430. The van der Waals surface area contributed by atoms with Crippen molar-refractivity contribution < 1.29 is 0 Å². The first-order valence-electron chi connectivity index (χ1n) is 5.23. The molecular formula is C11H21P. The first-order chi connectivity index (χ1) is 5.23. The van der Waals surface area contributed by atoms with Crippen LogP contribution in [0.15, 0.2) is 0 Å². The van der Waals surface area contributed by atoms with Crippen LogP contribution in [0.5, 0.6) is 0 Å². The van der Waals surface area contributed by atoms with Crippen molar-refractivity contribution >= 4 is 9.90 Å². The van der Waals surface area contributed by atoms with Gasteiger partial charge < -0.3 is 0 Å². The Kier molecular flexibility index (Phi) is 2.03. The Balaban J connectivity index is 0.000000563. The van der Waals surface area contributed by atoms with Crippen LogP contribution in [-0.2, 0) is 0 Å². The van der Waals surface area contributed by atoms with Crippen LogP contribution in [0.2, 0.25) is 0 Å². The molecule has 12 heavy (non-hydrogen) atoms. The molecule has 0 aliphatic heterocycles. The fraction of sp³-hybridized carbons (Fsp3) is 1.00. The van der Waals surface area contributed by atoms with Gasteiger partial charge >= 0.3 is 0 Å². The summed E-state index contributed by atoms with van der Waals surface area (Å²) in [6.45, 7) is 2.54. The molecule has 0 aromatic heterocycles. The molecule has 0 saturated heterocycles. The summed E-state index contributed by atoms with van der Waals surface area (Å²) < 4.78 is 0. The van der Waals surface area contributed by atoms with E-state index in [1.54, 1.807) is 38.5 Å². The zero-order chi connectivity index (χ0) is 7.47. The summed E-state index contributed by atoms with van der Waals surface area (Å²) in [5, 5.41) is 0. The van der Waals surface area contributed by atoms with E-state index in [-0.39, 0.29) is 9.90 Å². The summed E-state index contributed by atoms with van der Waals surface area (Å²) in [5.41, 5.74) is 0.800. The van der Waals surface area contributed by atoms with Gasteiger partial charge in [-0.15, -0.1) is 0 Å². The molecule has 0 nitrogen and oxygen atoms in total. The average Bonchev–Trinajstić information content (AvgIpc) is 1.79. The second kappa shape index (κ2) is 2.71. The Morgan fingerprint density at radius 1 is 0.833 bits per heavy atom. The molecule has 0 aromatic rings. The highest BCUT2D eigenvalue weighted by atomic mass is 31.0. The molecule has 4 rings (SSSR count). The Labute approximate surface area is 79.1 Å². The second-order valence-corrected chi connectivity index (χ2v) is 5.73. The Morgan fingerprint density at radius 2 is 1.17 bits per heavy atom. The van der Waals surface area contributed by atoms with Gasteiger partial charge in [-0.2, -0.15) is 9.90 Å². The standard InChI is InChI=1S/C11H18.H3P/c1-11-5-8-2-9(6-11)4-10(3-8)7-11;/h8-10H,2-7H2,1H3;1H3. The first-order valence-corrected chi connectivity index (χ1v) is 5.23. The van der Waals surface area contributed by atoms with Gasteiger partial charge in [-0.25, -0.2) is 0 Å². The third kappa shape index (κ3) is 1.23. The van der Waals surface area contributed by atoms with E-state index in [1.165, 1.54) is 0 Å². The summed E-state index contributed by atoms with van der Waals surface area (Å²) in [5.74, 6) is 3.43. The molecule has 0 aromatic carbocycles. The number of hydrogen-bond donors (Lipinski definition) is 0. The maximum absolute atomic E-state index is 2.54. The van der Waals surface area contributed by atoms with E-state index in [0.29, 0.717) is 0 Å². The molecule has 1 heteroatoms. The predicted octanol–water partition coefficient (Wildman–Crippen LogP) is 3.28. The van der Waals surface area contributed by atoms with Gasteiger partial charge in [0, 0.05) is 0 Å². The van der Waals surface area contributed by atoms with Gasteiger partial charge in [-0.1, -0.05) is 6.92 Å². The molecule has 4 fully saturated rings. The van der Waals surface area contributed by atoms with Crippen LogP contribution in [0.25, 0.3) is 0 Å². The van der Waals surface area contributed by atoms with Gasteiger partial charge in [0.05, 0.1) is 0 Å². The van der Waals surface area contributed by atoms with Crippen molar-refractivity contribution in [1.82, 2.24) is 0 Å². The molecule has 4 saturated carbocycles. The minimum Gasteiger partial charge on any atom is -0.153 e. The quantitative estimate of drug-likeness (QED) is 0.507. The van der Waals surface area contributed by atoms with Gasteiger partial charge in [-0.05, 0) is 61.7 Å². The topological polar surface area (TPSA) is 0 Å². The summed E-state index contributed by atoms with van der Waals surface area (Å²) in [6.07, 6.45) is 9.48. The van der Waals surface area contributed by atoms with E-state index in [2.05, 4.69) is 6.92 Å². The summed E-state index contributed by atoms with van der Waals surface area (Å²) in [4.78, 5) is 0. The van der Waals surface area contributed by atoms with E-state index in [9.17, 15) is 0 Å². The lowest BCUT2D eigenvalue weighted by atomic mass is 9.50. The fourth-order valence-corrected chi connectivity index (χ4v) is 4.54. The molecule has 70 valence electrons. The number of rotatable bonds is 0. The lowest BCUT2D eigenvalue weighted by Crippen LogP contribution is -2.44. The van der Waals surface area contributed by atoms with Crippen molar-refractivity contribution in [2.75, 3.05) is 0 Å². The molecule has 1 unspecified atom stereocenters. The highest BCUT2D eigenvalue weighted by molar-refractivity contribution is 6.92. The predicted molar refractivity (Wildman–Crippen MR) is 57.4 cm³/mol. The molecule has 4 aliphatic rings. The van der Waals surface area contributed by atoms with Crippen molar-refractivity contribution in [3.05, 3.63) is 0 Å². The zero-order valence-electron chi connectivity index (χ0n) is 8.18. The van der Waals surface area contributed by atoms with Crippen molar-refractivity contribution in [2.45, 2.75) is 45.4 Å². The SMILES string of the molecule is CC12CC3CC(CC(C3)C1)C2.P. The minimum atomic E-state index is 0. The lowest BCUT2D eigenvalue weighted by molar-refractivity contribution is -0.0411. The second-order valence-electron chi connectivity index (χ2n) is 5.73. The molecule has 0 heterocycles. The van der Waals surface area contributed by atoms with E-state index >= 15 is 0 Å². The van der Waals surface area contributed by atoms with Crippen LogP contribution in [0.4, 0.5) is 0 Å². The van der Waals surface area contributed by atoms with Crippen LogP contribution in [0.3, 0.4) is 0 Å². The fourth-order valence-electron chi connectivity index (χ4n) is 4.54. The third-order valence-electron chi connectivity index (χ3n) is 4.34. The van der Waals surface area contributed by atoms with Crippen molar-refractivity contribution in [3.63, 3.8) is 0 Å². The average molecular weight is 184 g/mol. The van der Waals surface area contributed by atoms with Gasteiger partial charge in [0.15, 0.2) is 0 Å². The van der Waals surface area contributed by atoms with Gasteiger partial charge in [-0.3, -0.25) is 0 Å². The van der Waals surface area contributed by atoms with E-state index in [0.717, 1.165) is 23.2 Å².